The third-order valence-electron chi connectivity index (χ3n) is 4.60. The third kappa shape index (κ3) is 4.53. The fraction of sp³-hybridized carbons (Fsp3) is 0.600. The molecule has 1 aromatic carbocycles. The van der Waals surface area contributed by atoms with Crippen LogP contribution in [0, 0.1) is 19.3 Å². The van der Waals surface area contributed by atoms with Gasteiger partial charge in [-0.3, -0.25) is 9.59 Å². The van der Waals surface area contributed by atoms with E-state index in [0.717, 1.165) is 22.4 Å². The summed E-state index contributed by atoms with van der Waals surface area (Å²) in [7, 11) is 1.64. The Kier molecular flexibility index (Phi) is 5.76. The zero-order valence-corrected chi connectivity index (χ0v) is 16.3. The maximum Gasteiger partial charge on any atom is 0.228 e. The lowest BCUT2D eigenvalue weighted by Crippen LogP contribution is -2.53. The van der Waals surface area contributed by atoms with Crippen molar-refractivity contribution < 1.29 is 14.3 Å². The van der Waals surface area contributed by atoms with Crippen LogP contribution in [0.15, 0.2) is 12.1 Å². The predicted molar refractivity (Wildman–Crippen MR) is 98.8 cm³/mol. The summed E-state index contributed by atoms with van der Waals surface area (Å²) in [5.74, 6) is 1.03. The van der Waals surface area contributed by atoms with Gasteiger partial charge in [0.2, 0.25) is 11.8 Å². The summed E-state index contributed by atoms with van der Waals surface area (Å²) in [6.07, 6.45) is 0.332. The van der Waals surface area contributed by atoms with Crippen molar-refractivity contribution in [2.45, 2.75) is 41.0 Å². The third-order valence-corrected chi connectivity index (χ3v) is 4.60. The number of methoxy groups -OCH3 is 1. The Hall–Kier alpha value is -2.04. The standard InChI is InChI=1S/C20H30N2O3/c1-14-11-15(2)18(25-6)16(12-14)13-17(23)21-7-9-22(10-8-21)19(24)20(3,4)5/h11-12H,7-10,13H2,1-6H3. The van der Waals surface area contributed by atoms with Gasteiger partial charge in [-0.15, -0.1) is 0 Å². The van der Waals surface area contributed by atoms with Crippen LogP contribution >= 0.6 is 0 Å². The molecule has 0 spiro atoms. The van der Waals surface area contributed by atoms with E-state index in [1.807, 2.05) is 50.5 Å². The van der Waals surface area contributed by atoms with Crippen molar-refractivity contribution in [1.82, 2.24) is 9.80 Å². The van der Waals surface area contributed by atoms with Crippen molar-refractivity contribution in [2.24, 2.45) is 5.41 Å². The van der Waals surface area contributed by atoms with Crippen LogP contribution in [-0.4, -0.2) is 54.9 Å². The second-order valence-electron chi connectivity index (χ2n) is 7.87. The zero-order chi connectivity index (χ0) is 18.8. The van der Waals surface area contributed by atoms with Crippen molar-refractivity contribution in [3.8, 4) is 5.75 Å². The van der Waals surface area contributed by atoms with Gasteiger partial charge in [-0.2, -0.15) is 0 Å². The fourth-order valence-corrected chi connectivity index (χ4v) is 3.37. The Morgan fingerprint density at radius 1 is 1.04 bits per heavy atom. The minimum atomic E-state index is -0.376. The SMILES string of the molecule is COc1c(C)cc(C)cc1CC(=O)N1CCN(C(=O)C(C)(C)C)CC1. The van der Waals surface area contributed by atoms with E-state index in [0.29, 0.717) is 32.6 Å². The van der Waals surface area contributed by atoms with Gasteiger partial charge >= 0.3 is 0 Å². The summed E-state index contributed by atoms with van der Waals surface area (Å²) in [4.78, 5) is 28.8. The normalized spacial score (nSPS) is 15.3. The Labute approximate surface area is 150 Å². The molecule has 1 fully saturated rings. The van der Waals surface area contributed by atoms with Crippen molar-refractivity contribution in [1.29, 1.82) is 0 Å². The molecule has 1 aromatic rings. The van der Waals surface area contributed by atoms with Crippen LogP contribution in [0.25, 0.3) is 0 Å². The summed E-state index contributed by atoms with van der Waals surface area (Å²) >= 11 is 0. The van der Waals surface area contributed by atoms with E-state index in [-0.39, 0.29) is 17.2 Å². The zero-order valence-electron chi connectivity index (χ0n) is 16.3. The Morgan fingerprint density at radius 3 is 2.12 bits per heavy atom. The molecule has 0 bridgehead atoms. The van der Waals surface area contributed by atoms with Gasteiger partial charge in [-0.1, -0.05) is 38.5 Å². The summed E-state index contributed by atoms with van der Waals surface area (Å²) in [5.41, 5.74) is 2.73. The lowest BCUT2D eigenvalue weighted by atomic mass is 9.94. The minimum absolute atomic E-state index is 0.0890. The highest BCUT2D eigenvalue weighted by Crippen LogP contribution is 2.26. The highest BCUT2D eigenvalue weighted by Gasteiger charge is 2.31. The average molecular weight is 346 g/mol. The molecule has 0 radical (unpaired) electrons. The first-order valence-corrected chi connectivity index (χ1v) is 8.84. The maximum absolute atomic E-state index is 12.7. The Bertz CT molecular complexity index is 654. The monoisotopic (exact) mass is 346 g/mol. The smallest absolute Gasteiger partial charge is 0.228 e. The molecule has 0 atom stereocenters. The number of carbonyl (C=O) groups is 2. The molecule has 5 heteroatoms. The van der Waals surface area contributed by atoms with Gasteiger partial charge in [-0.25, -0.2) is 0 Å². The van der Waals surface area contributed by atoms with Crippen LogP contribution < -0.4 is 4.74 Å². The topological polar surface area (TPSA) is 49.9 Å². The largest absolute Gasteiger partial charge is 0.496 e. The molecule has 5 nitrogen and oxygen atoms in total. The van der Waals surface area contributed by atoms with Crippen LogP contribution in [0.1, 0.15) is 37.5 Å². The van der Waals surface area contributed by atoms with Gasteiger partial charge < -0.3 is 14.5 Å². The Morgan fingerprint density at radius 2 is 1.60 bits per heavy atom. The number of amides is 2. The van der Waals surface area contributed by atoms with Crippen LogP contribution in [0.4, 0.5) is 0 Å². The highest BCUT2D eigenvalue weighted by atomic mass is 16.5. The number of carbonyl (C=O) groups excluding carboxylic acids is 2. The van der Waals surface area contributed by atoms with Crippen molar-refractivity contribution in [3.05, 3.63) is 28.8 Å². The lowest BCUT2D eigenvalue weighted by Gasteiger charge is -2.37. The molecule has 1 saturated heterocycles. The molecule has 0 aliphatic carbocycles. The number of rotatable bonds is 3. The van der Waals surface area contributed by atoms with Crippen molar-refractivity contribution in [3.63, 3.8) is 0 Å². The molecular weight excluding hydrogens is 316 g/mol. The molecule has 1 heterocycles. The number of ether oxygens (including phenoxy) is 1. The van der Waals surface area contributed by atoms with Gasteiger partial charge in [0.15, 0.2) is 0 Å². The van der Waals surface area contributed by atoms with E-state index in [2.05, 4.69) is 6.07 Å². The summed E-state index contributed by atoms with van der Waals surface area (Å²) in [6.45, 7) is 12.2. The molecule has 0 aromatic heterocycles. The summed E-state index contributed by atoms with van der Waals surface area (Å²) in [6, 6.07) is 4.08. The first-order chi connectivity index (χ1) is 11.6. The number of benzene rings is 1. The van der Waals surface area contributed by atoms with Crippen LogP contribution in [0.3, 0.4) is 0 Å². The van der Waals surface area contributed by atoms with Gasteiger partial charge in [0.05, 0.1) is 13.5 Å². The van der Waals surface area contributed by atoms with E-state index < -0.39 is 0 Å². The molecular formula is C20H30N2O3. The Balaban J connectivity index is 2.01. The number of nitrogens with zero attached hydrogens (tertiary/aromatic N) is 2. The van der Waals surface area contributed by atoms with E-state index in [9.17, 15) is 9.59 Å². The number of piperazine rings is 1. The fourth-order valence-electron chi connectivity index (χ4n) is 3.37. The van der Waals surface area contributed by atoms with Crippen LogP contribution in [-0.2, 0) is 16.0 Å². The van der Waals surface area contributed by atoms with Gasteiger partial charge in [0, 0.05) is 37.2 Å². The van der Waals surface area contributed by atoms with E-state index in [1.54, 1.807) is 7.11 Å². The molecule has 1 aliphatic rings. The van der Waals surface area contributed by atoms with E-state index >= 15 is 0 Å². The first-order valence-electron chi connectivity index (χ1n) is 8.84. The van der Waals surface area contributed by atoms with Crippen molar-refractivity contribution >= 4 is 11.8 Å². The van der Waals surface area contributed by atoms with Crippen molar-refractivity contribution in [2.75, 3.05) is 33.3 Å². The number of aryl methyl sites for hydroxylation is 2. The molecule has 0 N–H and O–H groups in total. The number of hydrogen-bond acceptors (Lipinski definition) is 3. The second-order valence-corrected chi connectivity index (χ2v) is 7.87. The van der Waals surface area contributed by atoms with E-state index in [4.69, 9.17) is 4.74 Å². The molecule has 25 heavy (non-hydrogen) atoms. The van der Waals surface area contributed by atoms with Gasteiger partial charge in [0.25, 0.3) is 0 Å². The van der Waals surface area contributed by atoms with Crippen LogP contribution in [0.2, 0.25) is 0 Å². The molecule has 2 amide bonds. The van der Waals surface area contributed by atoms with Crippen LogP contribution in [0.5, 0.6) is 5.75 Å². The molecule has 138 valence electrons. The lowest BCUT2D eigenvalue weighted by molar-refractivity contribution is -0.144. The quantitative estimate of drug-likeness (QED) is 0.845. The minimum Gasteiger partial charge on any atom is -0.496 e. The molecule has 1 aliphatic heterocycles. The molecule has 0 unspecified atom stereocenters. The van der Waals surface area contributed by atoms with Gasteiger partial charge in [0.1, 0.15) is 5.75 Å². The first kappa shape index (κ1) is 19.3. The van der Waals surface area contributed by atoms with E-state index in [1.165, 1.54) is 0 Å². The predicted octanol–water partition coefficient (Wildman–Crippen LogP) is 2.57. The molecule has 0 saturated carbocycles. The number of hydrogen-bond donors (Lipinski definition) is 0. The summed E-state index contributed by atoms with van der Waals surface area (Å²) < 4.78 is 5.48. The maximum atomic E-state index is 12.7. The van der Waals surface area contributed by atoms with Gasteiger partial charge in [-0.05, 0) is 19.4 Å². The average Bonchev–Trinajstić information content (AvgIpc) is 2.53. The molecule has 2 rings (SSSR count). The second kappa shape index (κ2) is 7.46. The highest BCUT2D eigenvalue weighted by molar-refractivity contribution is 5.83. The summed E-state index contributed by atoms with van der Waals surface area (Å²) in [5, 5.41) is 0.